The van der Waals surface area contributed by atoms with Crippen molar-refractivity contribution in [2.75, 3.05) is 6.61 Å². The largest absolute Gasteiger partial charge is 0.543 e. The lowest BCUT2D eigenvalue weighted by molar-refractivity contribution is -0.137. The van der Waals surface area contributed by atoms with Gasteiger partial charge in [-0.05, 0) is 133 Å². The third-order valence-corrected chi connectivity index (χ3v) is 14.7. The molecule has 40 heavy (non-hydrogen) atoms. The molecule has 0 atom stereocenters. The lowest BCUT2D eigenvalue weighted by Gasteiger charge is -2.57. The Morgan fingerprint density at radius 2 is 1.60 bits per heavy atom. The van der Waals surface area contributed by atoms with Gasteiger partial charge in [0, 0.05) is 0 Å². The number of halogens is 3. The van der Waals surface area contributed by atoms with Crippen LogP contribution in [0.3, 0.4) is 0 Å². The molecule has 0 saturated heterocycles. The smallest absolute Gasteiger partial charge is 0.416 e. The molecule has 6 heteroatoms. The van der Waals surface area contributed by atoms with E-state index in [2.05, 4.69) is 52.1 Å². The Labute approximate surface area is 239 Å². The molecule has 0 aliphatic heterocycles. The molecule has 0 amide bonds. The fourth-order valence-electron chi connectivity index (χ4n) is 7.70. The van der Waals surface area contributed by atoms with Crippen LogP contribution in [-0.4, -0.2) is 20.0 Å². The highest BCUT2D eigenvalue weighted by molar-refractivity contribution is 6.74. The fraction of sp³-hybridized carbons (Fsp3) is 0.588. The zero-order chi connectivity index (χ0) is 28.9. The van der Waals surface area contributed by atoms with Crippen molar-refractivity contribution in [2.45, 2.75) is 102 Å². The first-order valence-corrected chi connectivity index (χ1v) is 17.9. The number of rotatable bonds is 8. The van der Waals surface area contributed by atoms with Crippen molar-refractivity contribution in [1.29, 1.82) is 0 Å². The van der Waals surface area contributed by atoms with E-state index in [1.165, 1.54) is 55.7 Å². The van der Waals surface area contributed by atoms with Crippen LogP contribution in [0.5, 0.6) is 5.75 Å². The SMILES string of the molecule is CC(C)(C)[Si](C)(C)Oc1cc(CCC=C(CO)c2cccc(C(F)(F)F)c2)ccc1C12CC3CC(CC(C3)C1)C2. The fourth-order valence-corrected chi connectivity index (χ4v) is 8.72. The van der Waals surface area contributed by atoms with E-state index in [9.17, 15) is 18.3 Å². The monoisotopic (exact) mass is 570 g/mol. The first-order valence-electron chi connectivity index (χ1n) is 15.0. The van der Waals surface area contributed by atoms with Gasteiger partial charge in [0.25, 0.3) is 0 Å². The van der Waals surface area contributed by atoms with E-state index in [-0.39, 0.29) is 17.1 Å². The van der Waals surface area contributed by atoms with Crippen LogP contribution in [0.1, 0.15) is 88.0 Å². The number of aliphatic hydroxyl groups is 1. The Morgan fingerprint density at radius 1 is 0.975 bits per heavy atom. The summed E-state index contributed by atoms with van der Waals surface area (Å²) in [6.45, 7) is 11.2. The summed E-state index contributed by atoms with van der Waals surface area (Å²) < 4.78 is 46.7. The van der Waals surface area contributed by atoms with Gasteiger partial charge in [0.15, 0.2) is 0 Å². The normalized spacial score (nSPS) is 26.8. The predicted molar refractivity (Wildman–Crippen MR) is 159 cm³/mol. The zero-order valence-corrected chi connectivity index (χ0v) is 25.7. The van der Waals surface area contributed by atoms with E-state index < -0.39 is 20.1 Å². The van der Waals surface area contributed by atoms with Gasteiger partial charge in [-0.3, -0.25) is 0 Å². The highest BCUT2D eigenvalue weighted by Gasteiger charge is 2.53. The zero-order valence-electron chi connectivity index (χ0n) is 24.7. The van der Waals surface area contributed by atoms with Gasteiger partial charge in [0.05, 0.1) is 12.2 Å². The average molecular weight is 571 g/mol. The lowest BCUT2D eigenvalue weighted by Crippen LogP contribution is -2.49. The number of allylic oxidation sites excluding steroid dienone is 1. The quantitative estimate of drug-likeness (QED) is 0.320. The number of aliphatic hydroxyl groups excluding tert-OH is 1. The summed E-state index contributed by atoms with van der Waals surface area (Å²) in [6.07, 6.45) is 6.89. The van der Waals surface area contributed by atoms with Gasteiger partial charge >= 0.3 is 6.18 Å². The maximum atomic E-state index is 13.2. The third-order valence-electron chi connectivity index (χ3n) is 10.4. The Kier molecular flexibility index (Phi) is 7.84. The molecule has 6 rings (SSSR count). The maximum absolute atomic E-state index is 13.2. The summed E-state index contributed by atoms with van der Waals surface area (Å²) in [5.41, 5.74) is 3.05. The second-order valence-electron chi connectivity index (χ2n) is 14.4. The van der Waals surface area contributed by atoms with Crippen molar-refractivity contribution < 1.29 is 22.7 Å². The van der Waals surface area contributed by atoms with Crippen molar-refractivity contribution in [1.82, 2.24) is 0 Å². The molecule has 0 heterocycles. The van der Waals surface area contributed by atoms with Gasteiger partial charge in [0.1, 0.15) is 5.75 Å². The van der Waals surface area contributed by atoms with Crippen LogP contribution < -0.4 is 4.43 Å². The second-order valence-corrected chi connectivity index (χ2v) is 19.1. The minimum Gasteiger partial charge on any atom is -0.543 e. The van der Waals surface area contributed by atoms with Crippen LogP contribution in [-0.2, 0) is 18.0 Å². The van der Waals surface area contributed by atoms with Gasteiger partial charge in [-0.1, -0.05) is 51.1 Å². The van der Waals surface area contributed by atoms with Crippen molar-refractivity contribution in [2.24, 2.45) is 17.8 Å². The minimum absolute atomic E-state index is 0.0888. The molecule has 4 saturated carbocycles. The molecule has 1 N–H and O–H groups in total. The molecule has 4 aliphatic rings. The lowest BCUT2D eigenvalue weighted by atomic mass is 9.48. The molecular weight excluding hydrogens is 525 g/mol. The van der Waals surface area contributed by atoms with E-state index in [0.29, 0.717) is 17.6 Å². The molecule has 218 valence electrons. The molecule has 0 unspecified atom stereocenters. The summed E-state index contributed by atoms with van der Waals surface area (Å²) in [6, 6.07) is 12.0. The standard InChI is InChI=1S/C34H45F3O2Si/c1-32(2,3)40(4,5)39-31-17-23(8-6-10-28(22-38)27-9-7-11-29(18-27)34(35,36)37)12-13-30(31)33-19-24-14-25(20-33)16-26(15-24)21-33/h7,9-13,17-18,24-26,38H,6,8,14-16,19-22H2,1-5H3. The van der Waals surface area contributed by atoms with Crippen LogP contribution in [0.15, 0.2) is 48.5 Å². The summed E-state index contributed by atoms with van der Waals surface area (Å²) in [5.74, 6) is 3.62. The molecule has 4 aliphatic carbocycles. The number of hydrogen-bond donors (Lipinski definition) is 1. The summed E-state index contributed by atoms with van der Waals surface area (Å²) in [5, 5.41) is 10.0. The Hall–Kier alpha value is -2.05. The second kappa shape index (κ2) is 10.7. The van der Waals surface area contributed by atoms with Crippen LogP contribution in [0, 0.1) is 17.8 Å². The Bertz CT molecular complexity index is 1220. The molecule has 0 aromatic heterocycles. The molecule has 0 radical (unpaired) electrons. The summed E-state index contributed by atoms with van der Waals surface area (Å²) in [7, 11) is -2.07. The maximum Gasteiger partial charge on any atom is 0.416 e. The van der Waals surface area contributed by atoms with Crippen LogP contribution in [0.4, 0.5) is 13.2 Å². The highest BCUT2D eigenvalue weighted by atomic mass is 28.4. The van der Waals surface area contributed by atoms with Crippen molar-refractivity contribution in [3.05, 3.63) is 70.8 Å². The van der Waals surface area contributed by atoms with Gasteiger partial charge in [-0.2, -0.15) is 13.2 Å². The number of aryl methyl sites for hydroxylation is 1. The van der Waals surface area contributed by atoms with E-state index in [1.807, 2.05) is 6.08 Å². The van der Waals surface area contributed by atoms with Crippen molar-refractivity contribution >= 4 is 13.9 Å². The summed E-state index contributed by atoms with van der Waals surface area (Å²) >= 11 is 0. The average Bonchev–Trinajstić information content (AvgIpc) is 2.84. The first-order chi connectivity index (χ1) is 18.7. The summed E-state index contributed by atoms with van der Waals surface area (Å²) in [4.78, 5) is 0. The van der Waals surface area contributed by atoms with Crippen LogP contribution >= 0.6 is 0 Å². The van der Waals surface area contributed by atoms with Gasteiger partial charge in [-0.15, -0.1) is 0 Å². The molecular formula is C34H45F3O2Si. The molecule has 2 aromatic carbocycles. The van der Waals surface area contributed by atoms with E-state index >= 15 is 0 Å². The molecule has 2 nitrogen and oxygen atoms in total. The third kappa shape index (κ3) is 5.94. The van der Waals surface area contributed by atoms with E-state index in [0.717, 1.165) is 42.1 Å². The molecule has 4 fully saturated rings. The minimum atomic E-state index is -4.41. The van der Waals surface area contributed by atoms with Crippen LogP contribution in [0.25, 0.3) is 5.57 Å². The number of alkyl halides is 3. The van der Waals surface area contributed by atoms with Crippen LogP contribution in [0.2, 0.25) is 18.1 Å². The first kappa shape index (κ1) is 29.4. The molecule has 4 bridgehead atoms. The topological polar surface area (TPSA) is 29.5 Å². The van der Waals surface area contributed by atoms with E-state index in [4.69, 9.17) is 4.43 Å². The Balaban J connectivity index is 1.41. The molecule has 0 spiro atoms. The number of benzene rings is 2. The van der Waals surface area contributed by atoms with Gasteiger partial charge in [0.2, 0.25) is 8.32 Å². The van der Waals surface area contributed by atoms with Crippen molar-refractivity contribution in [3.8, 4) is 5.75 Å². The van der Waals surface area contributed by atoms with Gasteiger partial charge in [-0.25, -0.2) is 0 Å². The van der Waals surface area contributed by atoms with E-state index in [1.54, 1.807) is 6.07 Å². The number of hydrogen-bond acceptors (Lipinski definition) is 2. The predicted octanol–water partition coefficient (Wildman–Crippen LogP) is 9.57. The highest BCUT2D eigenvalue weighted by Crippen LogP contribution is 2.62. The van der Waals surface area contributed by atoms with Gasteiger partial charge < -0.3 is 9.53 Å². The molecule has 2 aromatic rings. The van der Waals surface area contributed by atoms with Crippen molar-refractivity contribution in [3.63, 3.8) is 0 Å². The Morgan fingerprint density at radius 3 is 2.15 bits per heavy atom.